The van der Waals surface area contributed by atoms with Gasteiger partial charge in [-0.25, -0.2) is 0 Å². The molecule has 0 rings (SSSR count). The van der Waals surface area contributed by atoms with Gasteiger partial charge in [-0.3, -0.25) is 9.59 Å². The summed E-state index contributed by atoms with van der Waals surface area (Å²) < 4.78 is 0. The van der Waals surface area contributed by atoms with Crippen LogP contribution in [-0.2, 0) is 9.59 Å². The van der Waals surface area contributed by atoms with Crippen molar-refractivity contribution in [2.75, 3.05) is 0 Å². The van der Waals surface area contributed by atoms with Crippen LogP contribution in [0.15, 0.2) is 24.3 Å². The maximum Gasteiger partial charge on any atom is 0.224 e. The first kappa shape index (κ1) is 17.6. The molecule has 0 heterocycles. The van der Waals surface area contributed by atoms with E-state index in [2.05, 4.69) is 18.5 Å². The highest BCUT2D eigenvalue weighted by Crippen LogP contribution is 2.17. The number of hydrogen-bond acceptors (Lipinski definition) is 2. The molecule has 3 heteroatoms. The Morgan fingerprint density at radius 3 is 2.05 bits per heavy atom. The fourth-order valence-electron chi connectivity index (χ4n) is 1.86. The van der Waals surface area contributed by atoms with Crippen LogP contribution in [0.3, 0.4) is 0 Å². The van der Waals surface area contributed by atoms with Gasteiger partial charge in [0.25, 0.3) is 0 Å². The highest BCUT2D eigenvalue weighted by atomic mass is 16.2. The zero-order valence-corrected chi connectivity index (χ0v) is 12.7. The summed E-state index contributed by atoms with van der Waals surface area (Å²) in [5.74, 6) is -0.238. The summed E-state index contributed by atoms with van der Waals surface area (Å²) >= 11 is 0. The number of allylic oxidation sites excluding steroid dienone is 1. The second kappa shape index (κ2) is 8.68. The Kier molecular flexibility index (Phi) is 8.05. The van der Waals surface area contributed by atoms with E-state index in [9.17, 15) is 9.59 Å². The minimum atomic E-state index is -0.450. The summed E-state index contributed by atoms with van der Waals surface area (Å²) in [6.07, 6.45) is 2.91. The lowest BCUT2D eigenvalue weighted by molar-refractivity contribution is -0.129. The molecule has 108 valence electrons. The van der Waals surface area contributed by atoms with Gasteiger partial charge in [0, 0.05) is 5.92 Å². The van der Waals surface area contributed by atoms with Gasteiger partial charge in [-0.2, -0.15) is 0 Å². The minimum absolute atomic E-state index is 0.0569. The predicted molar refractivity (Wildman–Crippen MR) is 79.9 cm³/mol. The number of amides is 1. The second-order valence-corrected chi connectivity index (χ2v) is 5.03. The summed E-state index contributed by atoms with van der Waals surface area (Å²) in [5, 5.41) is 2.84. The molecule has 0 saturated heterocycles. The number of nitrogens with one attached hydrogen (secondary N) is 1. The Morgan fingerprint density at radius 2 is 1.68 bits per heavy atom. The van der Waals surface area contributed by atoms with Crippen LogP contribution in [0.1, 0.15) is 53.4 Å². The number of ketones is 1. The molecular weight excluding hydrogens is 238 g/mol. The molecule has 1 amide bonds. The number of hydrogen-bond donors (Lipinski definition) is 1. The van der Waals surface area contributed by atoms with Crippen LogP contribution in [0.2, 0.25) is 0 Å². The molecule has 0 radical (unpaired) electrons. The Labute approximate surface area is 117 Å². The Morgan fingerprint density at radius 1 is 1.11 bits per heavy atom. The van der Waals surface area contributed by atoms with Crippen LogP contribution in [0.4, 0.5) is 0 Å². The normalized spacial score (nSPS) is 13.5. The molecule has 1 N–H and O–H groups in total. The van der Waals surface area contributed by atoms with Crippen molar-refractivity contribution in [2.45, 2.75) is 59.4 Å². The van der Waals surface area contributed by atoms with Gasteiger partial charge in [-0.1, -0.05) is 39.5 Å². The predicted octanol–water partition coefficient (Wildman–Crippen LogP) is 3.41. The van der Waals surface area contributed by atoms with Crippen molar-refractivity contribution >= 4 is 11.7 Å². The molecular formula is C16H27NO2. The second-order valence-electron chi connectivity index (χ2n) is 5.03. The molecule has 2 unspecified atom stereocenters. The first-order chi connectivity index (χ1) is 8.87. The molecule has 0 aromatic heterocycles. The number of rotatable bonds is 9. The summed E-state index contributed by atoms with van der Waals surface area (Å²) in [6, 6.07) is -0.450. The van der Waals surface area contributed by atoms with E-state index in [1.807, 2.05) is 20.8 Å². The van der Waals surface area contributed by atoms with Crippen molar-refractivity contribution in [3.05, 3.63) is 24.3 Å². The smallest absolute Gasteiger partial charge is 0.224 e. The highest BCUT2D eigenvalue weighted by molar-refractivity contribution is 6.00. The Bertz CT molecular complexity index is 358. The lowest BCUT2D eigenvalue weighted by Gasteiger charge is -2.21. The zero-order valence-electron chi connectivity index (χ0n) is 12.7. The first-order valence-corrected chi connectivity index (χ1v) is 7.03. The third-order valence-electron chi connectivity index (χ3n) is 3.36. The van der Waals surface area contributed by atoms with Gasteiger partial charge >= 0.3 is 0 Å². The fourth-order valence-corrected chi connectivity index (χ4v) is 1.86. The monoisotopic (exact) mass is 265 g/mol. The fraction of sp³-hybridized carbons (Fsp3) is 0.625. The standard InChI is InChI=1S/C16H27NO2/c1-7-12(6)10-13(8-2)16(19)17-14(9-3)15(18)11(4)5/h13-14H,4,6-10H2,1-3,5H3,(H,17,19). The molecule has 0 saturated carbocycles. The van der Waals surface area contributed by atoms with Crippen molar-refractivity contribution < 1.29 is 9.59 Å². The molecule has 0 aromatic carbocycles. The SMILES string of the molecule is C=C(CC)CC(CC)C(=O)NC(CC)C(=O)C(=C)C. The minimum Gasteiger partial charge on any atom is -0.346 e. The van der Waals surface area contributed by atoms with Crippen LogP contribution in [0, 0.1) is 5.92 Å². The van der Waals surface area contributed by atoms with Gasteiger partial charge in [0.15, 0.2) is 5.78 Å². The lowest BCUT2D eigenvalue weighted by Crippen LogP contribution is -2.43. The van der Waals surface area contributed by atoms with Gasteiger partial charge in [-0.05, 0) is 38.2 Å². The molecule has 0 aliphatic carbocycles. The third-order valence-corrected chi connectivity index (χ3v) is 3.36. The van der Waals surface area contributed by atoms with Crippen molar-refractivity contribution in [3.63, 3.8) is 0 Å². The van der Waals surface area contributed by atoms with Crippen LogP contribution in [0.5, 0.6) is 0 Å². The maximum atomic E-state index is 12.2. The topological polar surface area (TPSA) is 46.2 Å². The molecule has 0 bridgehead atoms. The van der Waals surface area contributed by atoms with Crippen LogP contribution in [0.25, 0.3) is 0 Å². The maximum absolute atomic E-state index is 12.2. The van der Waals surface area contributed by atoms with Gasteiger partial charge in [0.2, 0.25) is 5.91 Å². The summed E-state index contributed by atoms with van der Waals surface area (Å²) in [7, 11) is 0. The number of carbonyl (C=O) groups excluding carboxylic acids is 2. The molecule has 0 aliphatic rings. The van der Waals surface area contributed by atoms with E-state index in [4.69, 9.17) is 0 Å². The zero-order chi connectivity index (χ0) is 15.0. The van der Waals surface area contributed by atoms with Crippen molar-refractivity contribution in [3.8, 4) is 0 Å². The van der Waals surface area contributed by atoms with E-state index in [0.29, 0.717) is 18.4 Å². The number of carbonyl (C=O) groups is 2. The molecule has 0 fully saturated rings. The van der Waals surface area contributed by atoms with E-state index >= 15 is 0 Å². The third kappa shape index (κ3) is 5.86. The quantitative estimate of drug-likeness (QED) is 0.513. The van der Waals surface area contributed by atoms with E-state index < -0.39 is 6.04 Å². The average molecular weight is 265 g/mol. The van der Waals surface area contributed by atoms with Gasteiger partial charge in [0.1, 0.15) is 0 Å². The Balaban J connectivity index is 4.66. The van der Waals surface area contributed by atoms with Gasteiger partial charge < -0.3 is 5.32 Å². The lowest BCUT2D eigenvalue weighted by atomic mass is 9.94. The summed E-state index contributed by atoms with van der Waals surface area (Å²) in [6.45, 7) is 15.2. The number of Topliss-reactive ketones (excluding diaryl/α,β-unsaturated/α-hetero) is 1. The van der Waals surface area contributed by atoms with E-state index in [1.165, 1.54) is 0 Å². The highest BCUT2D eigenvalue weighted by Gasteiger charge is 2.23. The molecule has 3 nitrogen and oxygen atoms in total. The van der Waals surface area contributed by atoms with Crippen molar-refractivity contribution in [1.82, 2.24) is 5.32 Å². The van der Waals surface area contributed by atoms with E-state index in [0.717, 1.165) is 18.4 Å². The van der Waals surface area contributed by atoms with E-state index in [1.54, 1.807) is 6.92 Å². The molecule has 0 aliphatic heterocycles. The van der Waals surface area contributed by atoms with E-state index in [-0.39, 0.29) is 17.6 Å². The Hall–Kier alpha value is -1.38. The van der Waals surface area contributed by atoms with Crippen molar-refractivity contribution in [2.24, 2.45) is 5.92 Å². The average Bonchev–Trinajstić information content (AvgIpc) is 2.40. The summed E-state index contributed by atoms with van der Waals surface area (Å²) in [4.78, 5) is 24.1. The largest absolute Gasteiger partial charge is 0.346 e. The van der Waals surface area contributed by atoms with Crippen LogP contribution in [-0.4, -0.2) is 17.7 Å². The molecule has 0 spiro atoms. The molecule has 19 heavy (non-hydrogen) atoms. The van der Waals surface area contributed by atoms with Crippen LogP contribution < -0.4 is 5.32 Å². The van der Waals surface area contributed by atoms with Crippen molar-refractivity contribution in [1.29, 1.82) is 0 Å². The molecule has 2 atom stereocenters. The van der Waals surface area contributed by atoms with Gasteiger partial charge in [0.05, 0.1) is 6.04 Å². The van der Waals surface area contributed by atoms with Gasteiger partial charge in [-0.15, -0.1) is 0 Å². The summed E-state index contributed by atoms with van der Waals surface area (Å²) in [5.41, 5.74) is 1.56. The molecule has 0 aromatic rings. The first-order valence-electron chi connectivity index (χ1n) is 7.03. The van der Waals surface area contributed by atoms with Crippen LogP contribution >= 0.6 is 0 Å².